The van der Waals surface area contributed by atoms with Crippen LogP contribution in [-0.2, 0) is 5.41 Å². The van der Waals surface area contributed by atoms with Crippen LogP contribution in [0.1, 0.15) is 57.9 Å². The van der Waals surface area contributed by atoms with Gasteiger partial charge in [0, 0.05) is 11.5 Å². The Morgan fingerprint density at radius 3 is 2.21 bits per heavy atom. The second-order valence-corrected chi connectivity index (χ2v) is 6.54. The molecule has 19 heavy (non-hydrogen) atoms. The fourth-order valence-corrected chi connectivity index (χ4v) is 3.81. The van der Waals surface area contributed by atoms with Crippen molar-refractivity contribution in [3.63, 3.8) is 0 Å². The first-order valence-electron chi connectivity index (χ1n) is 7.92. The number of nitrogens with one attached hydrogen (secondary N) is 1. The van der Waals surface area contributed by atoms with Crippen LogP contribution in [-0.4, -0.2) is 13.1 Å². The molecule has 0 amide bonds. The van der Waals surface area contributed by atoms with E-state index in [0.717, 1.165) is 5.92 Å². The number of likely N-dealkylation sites (N-methyl/N-ethyl adjacent to an activating group) is 1. The minimum atomic E-state index is 0.380. The van der Waals surface area contributed by atoms with Crippen LogP contribution < -0.4 is 5.32 Å². The van der Waals surface area contributed by atoms with Crippen molar-refractivity contribution < 1.29 is 0 Å². The van der Waals surface area contributed by atoms with Crippen molar-refractivity contribution in [3.05, 3.63) is 35.9 Å². The van der Waals surface area contributed by atoms with E-state index in [0.29, 0.717) is 11.5 Å². The molecule has 1 atom stereocenters. The second kappa shape index (κ2) is 6.56. The largest absolute Gasteiger partial charge is 0.316 e. The Balaban J connectivity index is 2.22. The van der Waals surface area contributed by atoms with E-state index in [4.69, 9.17) is 0 Å². The molecule has 106 valence electrons. The molecule has 1 aliphatic rings. The van der Waals surface area contributed by atoms with Crippen LogP contribution in [0.2, 0.25) is 0 Å². The van der Waals surface area contributed by atoms with E-state index in [2.05, 4.69) is 56.5 Å². The molecule has 1 aromatic carbocycles. The third-order valence-corrected chi connectivity index (χ3v) is 4.89. The lowest BCUT2D eigenvalue weighted by Crippen LogP contribution is -2.45. The predicted octanol–water partition coefficient (Wildman–Crippen LogP) is 4.52. The zero-order chi connectivity index (χ0) is 13.7. The van der Waals surface area contributed by atoms with Gasteiger partial charge < -0.3 is 5.32 Å². The molecule has 2 rings (SSSR count). The molecule has 0 aliphatic heterocycles. The Morgan fingerprint density at radius 2 is 1.68 bits per heavy atom. The zero-order valence-electron chi connectivity index (χ0n) is 12.8. The summed E-state index contributed by atoms with van der Waals surface area (Å²) >= 11 is 0. The lowest BCUT2D eigenvalue weighted by Gasteiger charge is -2.39. The van der Waals surface area contributed by atoms with Gasteiger partial charge in [-0.3, -0.25) is 0 Å². The fourth-order valence-electron chi connectivity index (χ4n) is 3.81. The van der Waals surface area contributed by atoms with E-state index in [1.54, 1.807) is 5.56 Å². The minimum absolute atomic E-state index is 0.380. The van der Waals surface area contributed by atoms with Gasteiger partial charge in [0.15, 0.2) is 0 Å². The summed E-state index contributed by atoms with van der Waals surface area (Å²) in [5.74, 6) is 0.796. The summed E-state index contributed by atoms with van der Waals surface area (Å²) in [7, 11) is 2.15. The molecule has 0 saturated heterocycles. The zero-order valence-corrected chi connectivity index (χ0v) is 12.8. The smallest absolute Gasteiger partial charge is 0.0161 e. The van der Waals surface area contributed by atoms with Crippen molar-refractivity contribution in [3.8, 4) is 0 Å². The minimum Gasteiger partial charge on any atom is -0.316 e. The molecule has 1 N–H and O–H groups in total. The monoisotopic (exact) mass is 259 g/mol. The van der Waals surface area contributed by atoms with Crippen LogP contribution >= 0.6 is 0 Å². The van der Waals surface area contributed by atoms with Gasteiger partial charge >= 0.3 is 0 Å². The molecule has 1 aromatic rings. The Hall–Kier alpha value is -0.820. The van der Waals surface area contributed by atoms with Crippen molar-refractivity contribution in [1.29, 1.82) is 0 Å². The van der Waals surface area contributed by atoms with Crippen LogP contribution in [0.25, 0.3) is 0 Å². The van der Waals surface area contributed by atoms with E-state index in [9.17, 15) is 0 Å². The Kier molecular flexibility index (Phi) is 5.04. The third-order valence-electron chi connectivity index (χ3n) is 4.89. The van der Waals surface area contributed by atoms with Gasteiger partial charge in [-0.25, -0.2) is 0 Å². The summed E-state index contributed by atoms with van der Waals surface area (Å²) in [5, 5.41) is 3.64. The highest BCUT2D eigenvalue weighted by Gasteiger charge is 2.41. The van der Waals surface area contributed by atoms with E-state index in [1.165, 1.54) is 38.5 Å². The number of benzene rings is 1. The SMILES string of the molecule is CNC(CCC(C)C)C1(c2ccccc2)CCCC1. The standard InChI is InChI=1S/C18H29N/c1-15(2)11-12-17(19-3)18(13-7-8-14-18)16-9-5-4-6-10-16/h4-6,9-10,15,17,19H,7-8,11-14H2,1-3H3. The predicted molar refractivity (Wildman–Crippen MR) is 83.5 cm³/mol. The number of rotatable bonds is 6. The van der Waals surface area contributed by atoms with Crippen molar-refractivity contribution in [2.24, 2.45) is 5.92 Å². The molecule has 1 saturated carbocycles. The van der Waals surface area contributed by atoms with Crippen molar-refractivity contribution in [2.75, 3.05) is 7.05 Å². The maximum absolute atomic E-state index is 3.64. The van der Waals surface area contributed by atoms with Gasteiger partial charge in [-0.2, -0.15) is 0 Å². The lowest BCUT2D eigenvalue weighted by atomic mass is 9.71. The maximum Gasteiger partial charge on any atom is 0.0161 e. The highest BCUT2D eigenvalue weighted by atomic mass is 14.9. The van der Waals surface area contributed by atoms with Crippen molar-refractivity contribution >= 4 is 0 Å². The van der Waals surface area contributed by atoms with Gasteiger partial charge in [0.2, 0.25) is 0 Å². The maximum atomic E-state index is 3.64. The normalized spacial score (nSPS) is 19.8. The van der Waals surface area contributed by atoms with E-state index >= 15 is 0 Å². The summed E-state index contributed by atoms with van der Waals surface area (Å²) in [5.41, 5.74) is 1.93. The van der Waals surface area contributed by atoms with E-state index in [1.807, 2.05) is 0 Å². The second-order valence-electron chi connectivity index (χ2n) is 6.54. The summed E-state index contributed by atoms with van der Waals surface area (Å²) in [4.78, 5) is 0. The Morgan fingerprint density at radius 1 is 1.05 bits per heavy atom. The van der Waals surface area contributed by atoms with Crippen LogP contribution in [0.4, 0.5) is 0 Å². The van der Waals surface area contributed by atoms with Gasteiger partial charge in [-0.1, -0.05) is 57.0 Å². The molecular weight excluding hydrogens is 230 g/mol. The topological polar surface area (TPSA) is 12.0 Å². The summed E-state index contributed by atoms with van der Waals surface area (Å²) in [6.07, 6.45) is 8.08. The summed E-state index contributed by atoms with van der Waals surface area (Å²) in [6, 6.07) is 11.8. The Labute approximate surface area is 118 Å². The first kappa shape index (κ1) is 14.6. The van der Waals surface area contributed by atoms with Crippen LogP contribution in [0.15, 0.2) is 30.3 Å². The highest BCUT2D eigenvalue weighted by molar-refractivity contribution is 5.29. The van der Waals surface area contributed by atoms with Crippen LogP contribution in [0.3, 0.4) is 0 Å². The molecule has 1 fully saturated rings. The van der Waals surface area contributed by atoms with Gasteiger partial charge in [-0.05, 0) is 44.2 Å². The van der Waals surface area contributed by atoms with E-state index < -0.39 is 0 Å². The van der Waals surface area contributed by atoms with Crippen LogP contribution in [0, 0.1) is 5.92 Å². The van der Waals surface area contributed by atoms with Gasteiger partial charge in [0.1, 0.15) is 0 Å². The molecule has 1 unspecified atom stereocenters. The quantitative estimate of drug-likeness (QED) is 0.792. The average Bonchev–Trinajstić information content (AvgIpc) is 2.91. The van der Waals surface area contributed by atoms with Crippen molar-refractivity contribution in [2.45, 2.75) is 63.8 Å². The number of hydrogen-bond donors (Lipinski definition) is 1. The number of hydrogen-bond acceptors (Lipinski definition) is 1. The Bertz CT molecular complexity index is 363. The molecule has 0 heterocycles. The fraction of sp³-hybridized carbons (Fsp3) is 0.667. The summed E-state index contributed by atoms with van der Waals surface area (Å²) < 4.78 is 0. The molecule has 1 aliphatic carbocycles. The molecule has 1 heteroatoms. The lowest BCUT2D eigenvalue weighted by molar-refractivity contribution is 0.280. The van der Waals surface area contributed by atoms with Gasteiger partial charge in [0.25, 0.3) is 0 Å². The van der Waals surface area contributed by atoms with Crippen LogP contribution in [0.5, 0.6) is 0 Å². The molecular formula is C18H29N. The third kappa shape index (κ3) is 3.20. The molecule has 1 nitrogen and oxygen atoms in total. The molecule has 0 aromatic heterocycles. The first-order valence-corrected chi connectivity index (χ1v) is 7.92. The molecule has 0 radical (unpaired) electrons. The first-order chi connectivity index (χ1) is 9.19. The van der Waals surface area contributed by atoms with E-state index in [-0.39, 0.29) is 0 Å². The summed E-state index contributed by atoms with van der Waals surface area (Å²) in [6.45, 7) is 4.66. The average molecular weight is 259 g/mol. The highest BCUT2D eigenvalue weighted by Crippen LogP contribution is 2.45. The molecule has 0 bridgehead atoms. The van der Waals surface area contributed by atoms with Gasteiger partial charge in [-0.15, -0.1) is 0 Å². The van der Waals surface area contributed by atoms with Crippen molar-refractivity contribution in [1.82, 2.24) is 5.32 Å². The molecule has 0 spiro atoms. The van der Waals surface area contributed by atoms with Gasteiger partial charge in [0.05, 0.1) is 0 Å².